The molecule has 1 unspecified atom stereocenters. The van der Waals surface area contributed by atoms with Crippen molar-refractivity contribution in [3.8, 4) is 5.75 Å². The Kier molecular flexibility index (Phi) is 4.41. The molecule has 0 aliphatic heterocycles. The molecule has 1 atom stereocenters. The van der Waals surface area contributed by atoms with E-state index in [9.17, 15) is 4.79 Å². The fourth-order valence-electron chi connectivity index (χ4n) is 3.75. The molecular weight excluding hydrogens is 324 g/mol. The second kappa shape index (κ2) is 6.87. The van der Waals surface area contributed by atoms with Crippen molar-refractivity contribution >= 4 is 22.5 Å². The number of ether oxygens (including phenoxy) is 1. The Bertz CT molecular complexity index is 942. The van der Waals surface area contributed by atoms with Crippen molar-refractivity contribution in [3.63, 3.8) is 0 Å². The van der Waals surface area contributed by atoms with Crippen LogP contribution in [0.15, 0.2) is 48.5 Å². The van der Waals surface area contributed by atoms with Gasteiger partial charge in [0, 0.05) is 22.5 Å². The monoisotopic (exact) mass is 348 g/mol. The molecule has 0 spiro atoms. The maximum Gasteiger partial charge on any atom is 0.227 e. The van der Waals surface area contributed by atoms with Gasteiger partial charge in [0.15, 0.2) is 0 Å². The molecule has 4 nitrogen and oxygen atoms in total. The van der Waals surface area contributed by atoms with E-state index in [-0.39, 0.29) is 17.9 Å². The van der Waals surface area contributed by atoms with Gasteiger partial charge < -0.3 is 15.0 Å². The Morgan fingerprint density at radius 3 is 2.77 bits per heavy atom. The molecule has 1 heterocycles. The lowest BCUT2D eigenvalue weighted by molar-refractivity contribution is -0.120. The number of fused-ring (bicyclic) bond motifs is 3. The summed E-state index contributed by atoms with van der Waals surface area (Å²) in [5, 5.41) is 4.32. The normalized spacial score (nSPS) is 16.5. The second-order valence-electron chi connectivity index (χ2n) is 7.22. The first-order chi connectivity index (χ1) is 12.6. The number of aromatic amines is 1. The third-order valence-corrected chi connectivity index (χ3v) is 4.97. The van der Waals surface area contributed by atoms with E-state index in [4.69, 9.17) is 4.74 Å². The number of aromatic nitrogens is 1. The van der Waals surface area contributed by atoms with E-state index in [1.807, 2.05) is 44.2 Å². The molecule has 0 fully saturated rings. The number of aryl methyl sites for hydroxylation is 1. The van der Waals surface area contributed by atoms with Gasteiger partial charge in [0.2, 0.25) is 5.91 Å². The molecule has 3 aromatic rings. The van der Waals surface area contributed by atoms with Crippen LogP contribution in [0.4, 0.5) is 5.69 Å². The largest absolute Gasteiger partial charge is 0.489 e. The number of carbonyl (C=O) groups is 1. The van der Waals surface area contributed by atoms with Gasteiger partial charge >= 0.3 is 0 Å². The summed E-state index contributed by atoms with van der Waals surface area (Å²) in [4.78, 5) is 16.4. The summed E-state index contributed by atoms with van der Waals surface area (Å²) in [6.45, 7) is 3.97. The predicted octanol–water partition coefficient (Wildman–Crippen LogP) is 4.70. The van der Waals surface area contributed by atoms with Gasteiger partial charge in [0.1, 0.15) is 5.75 Å². The maximum atomic E-state index is 12.9. The first-order valence-corrected chi connectivity index (χ1v) is 9.27. The Morgan fingerprint density at radius 2 is 1.92 bits per heavy atom. The average molecular weight is 348 g/mol. The highest BCUT2D eigenvalue weighted by atomic mass is 16.5. The molecule has 26 heavy (non-hydrogen) atoms. The predicted molar refractivity (Wildman–Crippen MR) is 105 cm³/mol. The summed E-state index contributed by atoms with van der Waals surface area (Å²) in [5.74, 6) is 0.772. The molecule has 4 heteroatoms. The molecule has 0 saturated carbocycles. The highest BCUT2D eigenvalue weighted by Crippen LogP contribution is 2.33. The Morgan fingerprint density at radius 1 is 1.15 bits per heavy atom. The molecule has 1 amide bonds. The quantitative estimate of drug-likeness (QED) is 0.718. The SMILES string of the molecule is CC(C)Oc1ccccc1NC(=O)C1CCc2[nH]c3ccccc3c2C1. The zero-order valence-corrected chi connectivity index (χ0v) is 15.2. The van der Waals surface area contributed by atoms with E-state index >= 15 is 0 Å². The molecule has 1 aliphatic carbocycles. The van der Waals surface area contributed by atoms with Crippen molar-refractivity contribution in [2.75, 3.05) is 5.32 Å². The molecule has 1 aliphatic rings. The van der Waals surface area contributed by atoms with Gasteiger partial charge in [-0.25, -0.2) is 0 Å². The van der Waals surface area contributed by atoms with Gasteiger partial charge in [-0.2, -0.15) is 0 Å². The van der Waals surface area contributed by atoms with Gasteiger partial charge in [-0.1, -0.05) is 30.3 Å². The number of anilines is 1. The molecule has 134 valence electrons. The van der Waals surface area contributed by atoms with Crippen molar-refractivity contribution in [1.82, 2.24) is 4.98 Å². The van der Waals surface area contributed by atoms with E-state index in [2.05, 4.69) is 28.5 Å². The fourth-order valence-corrected chi connectivity index (χ4v) is 3.75. The van der Waals surface area contributed by atoms with Crippen molar-refractivity contribution in [3.05, 3.63) is 59.8 Å². The van der Waals surface area contributed by atoms with Crippen LogP contribution in [0.2, 0.25) is 0 Å². The summed E-state index contributed by atoms with van der Waals surface area (Å²) >= 11 is 0. The van der Waals surface area contributed by atoms with Gasteiger partial charge in [0.05, 0.1) is 11.8 Å². The van der Waals surface area contributed by atoms with Crippen LogP contribution in [0.25, 0.3) is 10.9 Å². The zero-order valence-electron chi connectivity index (χ0n) is 15.2. The minimum absolute atomic E-state index is 0.0196. The van der Waals surface area contributed by atoms with E-state index < -0.39 is 0 Å². The molecule has 0 radical (unpaired) electrons. The molecular formula is C22H24N2O2. The van der Waals surface area contributed by atoms with E-state index in [1.54, 1.807) is 0 Å². The van der Waals surface area contributed by atoms with Crippen LogP contribution >= 0.6 is 0 Å². The van der Waals surface area contributed by atoms with Gasteiger partial charge in [0.25, 0.3) is 0 Å². The molecule has 4 rings (SSSR count). The number of rotatable bonds is 4. The number of para-hydroxylation sites is 3. The standard InChI is InChI=1S/C22H24N2O2/c1-14(2)26-21-10-6-5-9-20(21)24-22(25)15-11-12-19-17(13-15)16-7-3-4-8-18(16)23-19/h3-10,14-15,23H,11-13H2,1-2H3,(H,24,25). The second-order valence-corrected chi connectivity index (χ2v) is 7.22. The smallest absolute Gasteiger partial charge is 0.227 e. The Balaban J connectivity index is 1.53. The summed E-state index contributed by atoms with van der Waals surface area (Å²) in [6, 6.07) is 16.0. The zero-order chi connectivity index (χ0) is 18.1. The minimum atomic E-state index is -0.0196. The van der Waals surface area contributed by atoms with Crippen LogP contribution in [0.3, 0.4) is 0 Å². The fraction of sp³-hybridized carbons (Fsp3) is 0.318. The lowest BCUT2D eigenvalue weighted by Gasteiger charge is -2.23. The van der Waals surface area contributed by atoms with Crippen LogP contribution in [-0.2, 0) is 17.6 Å². The van der Waals surface area contributed by atoms with Crippen molar-refractivity contribution < 1.29 is 9.53 Å². The van der Waals surface area contributed by atoms with Crippen molar-refractivity contribution in [1.29, 1.82) is 0 Å². The highest BCUT2D eigenvalue weighted by Gasteiger charge is 2.27. The number of carbonyl (C=O) groups excluding carboxylic acids is 1. The van der Waals surface area contributed by atoms with Crippen LogP contribution < -0.4 is 10.1 Å². The van der Waals surface area contributed by atoms with Crippen LogP contribution in [0.5, 0.6) is 5.75 Å². The maximum absolute atomic E-state index is 12.9. The van der Waals surface area contributed by atoms with Crippen molar-refractivity contribution in [2.24, 2.45) is 5.92 Å². The Labute approximate surface area is 153 Å². The average Bonchev–Trinajstić information content (AvgIpc) is 3.00. The van der Waals surface area contributed by atoms with Gasteiger partial charge in [-0.15, -0.1) is 0 Å². The summed E-state index contributed by atoms with van der Waals surface area (Å²) in [6.07, 6.45) is 2.61. The highest BCUT2D eigenvalue weighted by molar-refractivity contribution is 5.95. The number of H-pyrrole nitrogens is 1. The molecule has 0 saturated heterocycles. The first kappa shape index (κ1) is 16.7. The first-order valence-electron chi connectivity index (χ1n) is 9.27. The number of benzene rings is 2. The van der Waals surface area contributed by atoms with E-state index in [0.717, 1.165) is 36.2 Å². The van der Waals surface area contributed by atoms with Gasteiger partial charge in [-0.3, -0.25) is 4.79 Å². The Hall–Kier alpha value is -2.75. The number of nitrogens with one attached hydrogen (secondary N) is 2. The van der Waals surface area contributed by atoms with E-state index in [1.165, 1.54) is 16.6 Å². The lowest BCUT2D eigenvalue weighted by atomic mass is 9.86. The lowest BCUT2D eigenvalue weighted by Crippen LogP contribution is -2.28. The number of hydrogen-bond acceptors (Lipinski definition) is 2. The molecule has 0 bridgehead atoms. The summed E-state index contributed by atoms with van der Waals surface area (Å²) < 4.78 is 5.82. The van der Waals surface area contributed by atoms with Crippen LogP contribution in [-0.4, -0.2) is 17.0 Å². The van der Waals surface area contributed by atoms with E-state index in [0.29, 0.717) is 0 Å². The third kappa shape index (κ3) is 3.19. The minimum Gasteiger partial charge on any atom is -0.489 e. The van der Waals surface area contributed by atoms with Crippen LogP contribution in [0, 0.1) is 5.92 Å². The third-order valence-electron chi connectivity index (χ3n) is 4.97. The van der Waals surface area contributed by atoms with Crippen molar-refractivity contribution in [2.45, 2.75) is 39.2 Å². The number of amides is 1. The molecule has 1 aromatic heterocycles. The molecule has 2 N–H and O–H groups in total. The summed E-state index contributed by atoms with van der Waals surface area (Å²) in [7, 11) is 0. The molecule has 2 aromatic carbocycles. The van der Waals surface area contributed by atoms with Gasteiger partial charge in [-0.05, 0) is 56.9 Å². The number of hydrogen-bond donors (Lipinski definition) is 2. The van der Waals surface area contributed by atoms with Crippen LogP contribution in [0.1, 0.15) is 31.5 Å². The summed E-state index contributed by atoms with van der Waals surface area (Å²) in [5.41, 5.74) is 4.47. The topological polar surface area (TPSA) is 54.1 Å².